The molecule has 0 unspecified atom stereocenters. The zero-order valence-corrected chi connectivity index (χ0v) is 10.3. The van der Waals surface area contributed by atoms with Crippen molar-refractivity contribution in [1.82, 2.24) is 5.32 Å². The molecule has 0 atom stereocenters. The van der Waals surface area contributed by atoms with Gasteiger partial charge >= 0.3 is 0 Å². The lowest BCUT2D eigenvalue weighted by atomic mass is 9.86. The van der Waals surface area contributed by atoms with Crippen molar-refractivity contribution < 1.29 is 15.0 Å². The first-order chi connectivity index (χ1) is 8.14. The SMILES string of the molecule is O=C(NC1CCC(CO)CC1)C1(O)CCCC1. The van der Waals surface area contributed by atoms with Gasteiger partial charge in [0.25, 0.3) is 5.91 Å². The maximum absolute atomic E-state index is 12.0. The Labute approximate surface area is 102 Å². The average Bonchev–Trinajstić information content (AvgIpc) is 2.78. The number of aliphatic hydroxyl groups excluding tert-OH is 1. The van der Waals surface area contributed by atoms with Crippen LogP contribution in [0.25, 0.3) is 0 Å². The fourth-order valence-corrected chi connectivity index (χ4v) is 3.00. The van der Waals surface area contributed by atoms with Crippen molar-refractivity contribution in [2.24, 2.45) is 5.92 Å². The molecule has 0 aromatic heterocycles. The molecule has 1 amide bonds. The summed E-state index contributed by atoms with van der Waals surface area (Å²) in [5.41, 5.74) is -1.10. The van der Waals surface area contributed by atoms with Crippen LogP contribution in [0.15, 0.2) is 0 Å². The Morgan fingerprint density at radius 1 is 1.18 bits per heavy atom. The molecule has 4 nitrogen and oxygen atoms in total. The van der Waals surface area contributed by atoms with E-state index in [1.54, 1.807) is 0 Å². The molecule has 0 aromatic carbocycles. The summed E-state index contributed by atoms with van der Waals surface area (Å²) in [6, 6.07) is 0.190. The fourth-order valence-electron chi connectivity index (χ4n) is 3.00. The predicted molar refractivity (Wildman–Crippen MR) is 64.4 cm³/mol. The second kappa shape index (κ2) is 5.36. The minimum Gasteiger partial charge on any atom is -0.396 e. The monoisotopic (exact) mass is 241 g/mol. The van der Waals surface area contributed by atoms with Gasteiger partial charge in [0.05, 0.1) is 0 Å². The van der Waals surface area contributed by atoms with Crippen molar-refractivity contribution in [3.63, 3.8) is 0 Å². The van der Waals surface area contributed by atoms with E-state index in [9.17, 15) is 9.90 Å². The first-order valence-corrected chi connectivity index (χ1v) is 6.78. The third-order valence-corrected chi connectivity index (χ3v) is 4.29. The van der Waals surface area contributed by atoms with Crippen LogP contribution in [0, 0.1) is 5.92 Å². The second-order valence-corrected chi connectivity index (χ2v) is 5.61. The van der Waals surface area contributed by atoms with Crippen LogP contribution in [0.4, 0.5) is 0 Å². The molecule has 0 aromatic rings. The molecule has 17 heavy (non-hydrogen) atoms. The number of hydrogen-bond donors (Lipinski definition) is 3. The zero-order valence-electron chi connectivity index (χ0n) is 10.3. The predicted octanol–water partition coefficient (Wildman–Crippen LogP) is 0.959. The lowest BCUT2D eigenvalue weighted by Crippen LogP contribution is -2.49. The van der Waals surface area contributed by atoms with E-state index in [-0.39, 0.29) is 18.6 Å². The standard InChI is InChI=1S/C13H23NO3/c15-9-10-3-5-11(6-4-10)14-12(16)13(17)7-1-2-8-13/h10-11,15,17H,1-9H2,(H,14,16). The maximum Gasteiger partial charge on any atom is 0.252 e. The lowest BCUT2D eigenvalue weighted by Gasteiger charge is -2.30. The van der Waals surface area contributed by atoms with Crippen LogP contribution in [-0.2, 0) is 4.79 Å². The highest BCUT2D eigenvalue weighted by Gasteiger charge is 2.39. The maximum atomic E-state index is 12.0. The van der Waals surface area contributed by atoms with Crippen molar-refractivity contribution in [2.45, 2.75) is 63.0 Å². The molecular formula is C13H23NO3. The van der Waals surface area contributed by atoms with Crippen molar-refractivity contribution in [1.29, 1.82) is 0 Å². The van der Waals surface area contributed by atoms with Crippen molar-refractivity contribution >= 4 is 5.91 Å². The van der Waals surface area contributed by atoms with Crippen molar-refractivity contribution in [3.05, 3.63) is 0 Å². The number of rotatable bonds is 3. The smallest absolute Gasteiger partial charge is 0.252 e. The summed E-state index contributed by atoms with van der Waals surface area (Å²) in [6.45, 7) is 0.255. The lowest BCUT2D eigenvalue weighted by molar-refractivity contribution is -0.140. The molecule has 2 rings (SSSR count). The number of amides is 1. The summed E-state index contributed by atoms with van der Waals surface area (Å²) in [4.78, 5) is 12.0. The molecular weight excluding hydrogens is 218 g/mol. The quantitative estimate of drug-likeness (QED) is 0.689. The molecule has 0 saturated heterocycles. The highest BCUT2D eigenvalue weighted by Crippen LogP contribution is 2.30. The van der Waals surface area contributed by atoms with E-state index in [4.69, 9.17) is 5.11 Å². The highest BCUT2D eigenvalue weighted by atomic mass is 16.3. The van der Waals surface area contributed by atoms with Crippen LogP contribution >= 0.6 is 0 Å². The van der Waals surface area contributed by atoms with Gasteiger partial charge in [-0.05, 0) is 57.3 Å². The normalized spacial score (nSPS) is 32.4. The van der Waals surface area contributed by atoms with Gasteiger partial charge < -0.3 is 15.5 Å². The van der Waals surface area contributed by atoms with E-state index < -0.39 is 5.60 Å². The van der Waals surface area contributed by atoms with Crippen molar-refractivity contribution in [3.8, 4) is 0 Å². The van der Waals surface area contributed by atoms with Crippen LogP contribution in [-0.4, -0.2) is 34.4 Å². The van der Waals surface area contributed by atoms with Crippen LogP contribution < -0.4 is 5.32 Å². The number of aliphatic hydroxyl groups is 2. The zero-order chi connectivity index (χ0) is 12.3. The Hall–Kier alpha value is -0.610. The molecule has 0 radical (unpaired) electrons. The molecule has 0 heterocycles. The first kappa shape index (κ1) is 12.8. The third-order valence-electron chi connectivity index (χ3n) is 4.29. The summed E-state index contributed by atoms with van der Waals surface area (Å²) in [6.07, 6.45) is 6.89. The molecule has 2 fully saturated rings. The van der Waals surface area contributed by atoms with Crippen molar-refractivity contribution in [2.75, 3.05) is 6.61 Å². The van der Waals surface area contributed by atoms with Gasteiger partial charge in [0.15, 0.2) is 0 Å². The van der Waals surface area contributed by atoms with Gasteiger partial charge in [-0.2, -0.15) is 0 Å². The molecule has 3 N–H and O–H groups in total. The molecule has 4 heteroatoms. The summed E-state index contributed by atoms with van der Waals surface area (Å²) < 4.78 is 0. The van der Waals surface area contributed by atoms with Crippen LogP contribution in [0.5, 0.6) is 0 Å². The Balaban J connectivity index is 1.79. The Morgan fingerprint density at radius 2 is 1.76 bits per heavy atom. The van der Waals surface area contributed by atoms with E-state index in [0.717, 1.165) is 38.5 Å². The van der Waals surface area contributed by atoms with E-state index >= 15 is 0 Å². The van der Waals surface area contributed by atoms with E-state index in [1.807, 2.05) is 0 Å². The summed E-state index contributed by atoms with van der Waals surface area (Å²) in [7, 11) is 0. The molecule has 2 aliphatic rings. The van der Waals surface area contributed by atoms with Crippen LogP contribution in [0.1, 0.15) is 51.4 Å². The molecule has 0 spiro atoms. The molecule has 2 saturated carbocycles. The van der Waals surface area contributed by atoms with E-state index in [1.165, 1.54) is 0 Å². The Kier molecular flexibility index (Phi) is 4.05. The van der Waals surface area contributed by atoms with Crippen LogP contribution in [0.2, 0.25) is 0 Å². The summed E-state index contributed by atoms with van der Waals surface area (Å²) in [5, 5.41) is 22.2. The van der Waals surface area contributed by atoms with Gasteiger partial charge in [-0.15, -0.1) is 0 Å². The van der Waals surface area contributed by atoms with E-state index in [2.05, 4.69) is 5.32 Å². The molecule has 2 aliphatic carbocycles. The minimum absolute atomic E-state index is 0.178. The topological polar surface area (TPSA) is 69.6 Å². The number of carbonyl (C=O) groups is 1. The number of hydrogen-bond acceptors (Lipinski definition) is 3. The Morgan fingerprint density at radius 3 is 2.29 bits per heavy atom. The highest BCUT2D eigenvalue weighted by molar-refractivity contribution is 5.85. The van der Waals surface area contributed by atoms with Gasteiger partial charge in [-0.1, -0.05) is 0 Å². The minimum atomic E-state index is -1.10. The average molecular weight is 241 g/mol. The van der Waals surface area contributed by atoms with Gasteiger partial charge in [-0.25, -0.2) is 0 Å². The summed E-state index contributed by atoms with van der Waals surface area (Å²) in [5.74, 6) is 0.222. The van der Waals surface area contributed by atoms with Crippen LogP contribution in [0.3, 0.4) is 0 Å². The van der Waals surface area contributed by atoms with E-state index in [0.29, 0.717) is 18.8 Å². The molecule has 98 valence electrons. The fraction of sp³-hybridized carbons (Fsp3) is 0.923. The van der Waals surface area contributed by atoms with Gasteiger partial charge in [0.2, 0.25) is 0 Å². The largest absolute Gasteiger partial charge is 0.396 e. The number of carbonyl (C=O) groups excluding carboxylic acids is 1. The molecule has 0 aliphatic heterocycles. The molecule has 0 bridgehead atoms. The van der Waals surface area contributed by atoms with Gasteiger partial charge in [0, 0.05) is 12.6 Å². The number of nitrogens with one attached hydrogen (secondary N) is 1. The summed E-state index contributed by atoms with van der Waals surface area (Å²) >= 11 is 0. The Bertz CT molecular complexity index is 266. The first-order valence-electron chi connectivity index (χ1n) is 6.78. The second-order valence-electron chi connectivity index (χ2n) is 5.61. The third kappa shape index (κ3) is 2.99. The van der Waals surface area contributed by atoms with Gasteiger partial charge in [0.1, 0.15) is 5.60 Å². The van der Waals surface area contributed by atoms with Gasteiger partial charge in [-0.3, -0.25) is 4.79 Å².